The van der Waals surface area contributed by atoms with Crippen LogP contribution in [0.5, 0.6) is 0 Å². The van der Waals surface area contributed by atoms with Crippen molar-refractivity contribution in [2.75, 3.05) is 0 Å². The highest BCUT2D eigenvalue weighted by Crippen LogP contribution is 2.20. The first-order valence-electron chi connectivity index (χ1n) is 6.99. The summed E-state index contributed by atoms with van der Waals surface area (Å²) in [5.41, 5.74) is 1.47. The summed E-state index contributed by atoms with van der Waals surface area (Å²) < 4.78 is 0. The predicted octanol–water partition coefficient (Wildman–Crippen LogP) is 3.30. The van der Waals surface area contributed by atoms with E-state index in [0.717, 1.165) is 23.7 Å². The molecule has 1 aliphatic carbocycles. The van der Waals surface area contributed by atoms with Crippen molar-refractivity contribution in [3.05, 3.63) is 42.1 Å². The van der Waals surface area contributed by atoms with Crippen LogP contribution in [-0.4, -0.2) is 16.9 Å². The molecule has 1 heterocycles. The number of carbonyl (C=O) groups excluding carboxylic acids is 1. The van der Waals surface area contributed by atoms with E-state index in [-0.39, 0.29) is 5.91 Å². The van der Waals surface area contributed by atoms with Gasteiger partial charge in [0.2, 0.25) is 0 Å². The lowest BCUT2D eigenvalue weighted by Gasteiger charge is -2.22. The first-order chi connectivity index (χ1) is 9.34. The summed E-state index contributed by atoms with van der Waals surface area (Å²) in [7, 11) is 0. The minimum absolute atomic E-state index is 0.0104. The molecule has 1 aromatic heterocycles. The second-order valence-electron chi connectivity index (χ2n) is 5.19. The SMILES string of the molecule is O=C(NC1CCCCC1)c1cccc2cccnc12. The Bertz CT molecular complexity index is 583. The molecular formula is C16H18N2O. The molecule has 1 amide bonds. The fraction of sp³-hybridized carbons (Fsp3) is 0.375. The Kier molecular flexibility index (Phi) is 3.45. The van der Waals surface area contributed by atoms with Gasteiger partial charge in [-0.05, 0) is 25.0 Å². The third kappa shape index (κ3) is 2.60. The number of carbonyl (C=O) groups is 1. The maximum absolute atomic E-state index is 12.4. The summed E-state index contributed by atoms with van der Waals surface area (Å²) in [5, 5.41) is 4.16. The average molecular weight is 254 g/mol. The second-order valence-corrected chi connectivity index (χ2v) is 5.19. The molecule has 0 radical (unpaired) electrons. The molecule has 3 nitrogen and oxygen atoms in total. The van der Waals surface area contributed by atoms with Crippen molar-refractivity contribution in [1.29, 1.82) is 0 Å². The highest BCUT2D eigenvalue weighted by atomic mass is 16.1. The molecule has 0 spiro atoms. The van der Waals surface area contributed by atoms with Gasteiger partial charge in [0.15, 0.2) is 0 Å². The number of benzene rings is 1. The number of rotatable bonds is 2. The van der Waals surface area contributed by atoms with Gasteiger partial charge < -0.3 is 5.32 Å². The number of nitrogens with one attached hydrogen (secondary N) is 1. The van der Waals surface area contributed by atoms with E-state index in [1.807, 2.05) is 30.3 Å². The van der Waals surface area contributed by atoms with Crippen molar-refractivity contribution >= 4 is 16.8 Å². The fourth-order valence-electron chi connectivity index (χ4n) is 2.80. The Morgan fingerprint density at radius 2 is 1.89 bits per heavy atom. The van der Waals surface area contributed by atoms with Crippen LogP contribution in [0.25, 0.3) is 10.9 Å². The zero-order chi connectivity index (χ0) is 13.1. The van der Waals surface area contributed by atoms with Crippen molar-refractivity contribution in [3.8, 4) is 0 Å². The standard InChI is InChI=1S/C16H18N2O/c19-16(18-13-8-2-1-3-9-13)14-10-4-6-12-7-5-11-17-15(12)14/h4-7,10-11,13H,1-3,8-9H2,(H,18,19). The van der Waals surface area contributed by atoms with Crippen LogP contribution in [0.4, 0.5) is 0 Å². The van der Waals surface area contributed by atoms with Crippen LogP contribution >= 0.6 is 0 Å². The lowest BCUT2D eigenvalue weighted by Crippen LogP contribution is -2.36. The minimum Gasteiger partial charge on any atom is -0.349 e. The van der Waals surface area contributed by atoms with Gasteiger partial charge in [0.25, 0.3) is 5.91 Å². The van der Waals surface area contributed by atoms with E-state index in [1.54, 1.807) is 6.20 Å². The van der Waals surface area contributed by atoms with Gasteiger partial charge in [-0.1, -0.05) is 37.5 Å². The number of pyridine rings is 1. The normalized spacial score (nSPS) is 16.4. The number of nitrogens with zero attached hydrogens (tertiary/aromatic N) is 1. The smallest absolute Gasteiger partial charge is 0.253 e. The number of para-hydroxylation sites is 1. The van der Waals surface area contributed by atoms with Gasteiger partial charge in [-0.3, -0.25) is 9.78 Å². The zero-order valence-corrected chi connectivity index (χ0v) is 10.9. The molecule has 19 heavy (non-hydrogen) atoms. The van der Waals surface area contributed by atoms with Crippen LogP contribution in [0.2, 0.25) is 0 Å². The number of aromatic nitrogens is 1. The van der Waals surface area contributed by atoms with Crippen LogP contribution in [0.3, 0.4) is 0 Å². The van der Waals surface area contributed by atoms with Gasteiger partial charge >= 0.3 is 0 Å². The van der Waals surface area contributed by atoms with Crippen LogP contribution in [-0.2, 0) is 0 Å². The van der Waals surface area contributed by atoms with Crippen molar-refractivity contribution in [2.45, 2.75) is 38.1 Å². The number of hydrogen-bond donors (Lipinski definition) is 1. The molecule has 98 valence electrons. The first-order valence-corrected chi connectivity index (χ1v) is 6.99. The van der Waals surface area contributed by atoms with E-state index >= 15 is 0 Å². The third-order valence-corrected chi connectivity index (χ3v) is 3.82. The number of fused-ring (bicyclic) bond motifs is 1. The molecule has 0 unspecified atom stereocenters. The van der Waals surface area contributed by atoms with Gasteiger partial charge in [-0.15, -0.1) is 0 Å². The van der Waals surface area contributed by atoms with Gasteiger partial charge in [0.05, 0.1) is 11.1 Å². The Labute approximate surface area is 113 Å². The van der Waals surface area contributed by atoms with Crippen molar-refractivity contribution < 1.29 is 4.79 Å². The molecule has 0 bridgehead atoms. The van der Waals surface area contributed by atoms with Crippen molar-refractivity contribution in [1.82, 2.24) is 10.3 Å². The zero-order valence-electron chi connectivity index (χ0n) is 10.9. The van der Waals surface area contributed by atoms with Crippen LogP contribution in [0, 0.1) is 0 Å². The number of hydrogen-bond acceptors (Lipinski definition) is 2. The predicted molar refractivity (Wildman–Crippen MR) is 76.1 cm³/mol. The van der Waals surface area contributed by atoms with Gasteiger partial charge in [-0.2, -0.15) is 0 Å². The molecule has 1 N–H and O–H groups in total. The lowest BCUT2D eigenvalue weighted by molar-refractivity contribution is 0.0929. The molecule has 1 fully saturated rings. The lowest BCUT2D eigenvalue weighted by atomic mass is 9.95. The maximum atomic E-state index is 12.4. The van der Waals surface area contributed by atoms with Gasteiger partial charge in [-0.25, -0.2) is 0 Å². The topological polar surface area (TPSA) is 42.0 Å². The molecule has 0 atom stereocenters. The molecule has 1 aromatic carbocycles. The van der Waals surface area contributed by atoms with Crippen LogP contribution in [0.1, 0.15) is 42.5 Å². The first kappa shape index (κ1) is 12.2. The Morgan fingerprint density at radius 3 is 2.74 bits per heavy atom. The van der Waals surface area contributed by atoms with Crippen LogP contribution in [0.15, 0.2) is 36.5 Å². The molecule has 0 aliphatic heterocycles. The van der Waals surface area contributed by atoms with E-state index in [9.17, 15) is 4.79 Å². The van der Waals surface area contributed by atoms with E-state index < -0.39 is 0 Å². The molecule has 3 heteroatoms. The summed E-state index contributed by atoms with van der Waals surface area (Å²) in [6.07, 6.45) is 7.67. The maximum Gasteiger partial charge on any atom is 0.253 e. The third-order valence-electron chi connectivity index (χ3n) is 3.82. The quantitative estimate of drug-likeness (QED) is 0.893. The molecule has 2 aromatic rings. The van der Waals surface area contributed by atoms with Crippen LogP contribution < -0.4 is 5.32 Å². The monoisotopic (exact) mass is 254 g/mol. The van der Waals surface area contributed by atoms with Crippen molar-refractivity contribution in [3.63, 3.8) is 0 Å². The van der Waals surface area contributed by atoms with E-state index in [4.69, 9.17) is 0 Å². The Morgan fingerprint density at radius 1 is 1.11 bits per heavy atom. The van der Waals surface area contributed by atoms with Gasteiger partial charge in [0.1, 0.15) is 0 Å². The summed E-state index contributed by atoms with van der Waals surface area (Å²) in [4.78, 5) is 16.7. The summed E-state index contributed by atoms with van der Waals surface area (Å²) >= 11 is 0. The minimum atomic E-state index is 0.0104. The average Bonchev–Trinajstić information content (AvgIpc) is 2.47. The fourth-order valence-corrected chi connectivity index (χ4v) is 2.80. The van der Waals surface area contributed by atoms with E-state index in [1.165, 1.54) is 19.3 Å². The van der Waals surface area contributed by atoms with E-state index in [2.05, 4.69) is 10.3 Å². The second kappa shape index (κ2) is 5.39. The largest absolute Gasteiger partial charge is 0.349 e. The van der Waals surface area contributed by atoms with E-state index in [0.29, 0.717) is 11.6 Å². The number of amides is 1. The molecule has 1 saturated carbocycles. The van der Waals surface area contributed by atoms with Gasteiger partial charge in [0, 0.05) is 17.6 Å². The molecule has 3 rings (SSSR count). The highest BCUT2D eigenvalue weighted by molar-refractivity contribution is 6.05. The Balaban J connectivity index is 1.85. The summed E-state index contributed by atoms with van der Waals surface area (Å²) in [6, 6.07) is 9.97. The highest BCUT2D eigenvalue weighted by Gasteiger charge is 2.18. The summed E-state index contributed by atoms with van der Waals surface area (Å²) in [5.74, 6) is 0.0104. The summed E-state index contributed by atoms with van der Waals surface area (Å²) in [6.45, 7) is 0. The molecule has 0 saturated heterocycles. The van der Waals surface area contributed by atoms with Crippen molar-refractivity contribution in [2.24, 2.45) is 0 Å². The molecular weight excluding hydrogens is 236 g/mol. The molecule has 1 aliphatic rings. The Hall–Kier alpha value is -1.90.